The van der Waals surface area contributed by atoms with E-state index < -0.39 is 5.54 Å². The fraction of sp³-hybridized carbons (Fsp3) is 0.333. The summed E-state index contributed by atoms with van der Waals surface area (Å²) in [6.45, 7) is 5.68. The highest BCUT2D eigenvalue weighted by Gasteiger charge is 2.27. The molecule has 1 heterocycles. The van der Waals surface area contributed by atoms with Crippen LogP contribution < -0.4 is 5.32 Å². The van der Waals surface area contributed by atoms with Crippen LogP contribution in [0.5, 0.6) is 0 Å². The lowest BCUT2D eigenvalue weighted by Gasteiger charge is -2.29. The second kappa shape index (κ2) is 5.17. The predicted molar refractivity (Wildman–Crippen MR) is 78.6 cm³/mol. The molecule has 1 atom stereocenters. The van der Waals surface area contributed by atoms with Gasteiger partial charge in [-0.15, -0.1) is 11.6 Å². The molecule has 0 aliphatic heterocycles. The molecule has 2 rings (SSSR count). The molecule has 0 spiro atoms. The Morgan fingerprint density at radius 3 is 2.68 bits per heavy atom. The molecule has 1 N–H and O–H groups in total. The van der Waals surface area contributed by atoms with Gasteiger partial charge in [-0.05, 0) is 32.9 Å². The summed E-state index contributed by atoms with van der Waals surface area (Å²) in [5.41, 5.74) is 0.964. The standard InChI is InChI=1S/C15H17ClN2O/c1-10(16)15(2,3)18-14(19)12-8-9-17-13-7-5-4-6-11(12)13/h4-10H,1-3H3,(H,18,19). The number of halogens is 1. The molecule has 0 saturated carbocycles. The number of amides is 1. The molecule has 1 aromatic carbocycles. The summed E-state index contributed by atoms with van der Waals surface area (Å²) in [6, 6.07) is 9.32. The summed E-state index contributed by atoms with van der Waals surface area (Å²) in [4.78, 5) is 16.6. The Morgan fingerprint density at radius 2 is 2.00 bits per heavy atom. The van der Waals surface area contributed by atoms with Crippen LogP contribution >= 0.6 is 11.6 Å². The molecule has 0 aliphatic rings. The van der Waals surface area contributed by atoms with E-state index in [4.69, 9.17) is 11.6 Å². The quantitative estimate of drug-likeness (QED) is 0.874. The zero-order valence-electron chi connectivity index (χ0n) is 11.3. The van der Waals surface area contributed by atoms with E-state index in [1.54, 1.807) is 12.3 Å². The van der Waals surface area contributed by atoms with Crippen molar-refractivity contribution < 1.29 is 4.79 Å². The average Bonchev–Trinajstić information content (AvgIpc) is 2.37. The van der Waals surface area contributed by atoms with Gasteiger partial charge in [0.2, 0.25) is 0 Å². The second-order valence-corrected chi connectivity index (χ2v) is 5.82. The first kappa shape index (κ1) is 13.8. The third-order valence-electron chi connectivity index (χ3n) is 3.32. The van der Waals surface area contributed by atoms with Gasteiger partial charge in [-0.25, -0.2) is 0 Å². The van der Waals surface area contributed by atoms with E-state index in [2.05, 4.69) is 10.3 Å². The number of benzene rings is 1. The number of alkyl halides is 1. The molecule has 0 bridgehead atoms. The molecule has 19 heavy (non-hydrogen) atoms. The minimum absolute atomic E-state index is 0.129. The number of hydrogen-bond acceptors (Lipinski definition) is 2. The van der Waals surface area contributed by atoms with Crippen LogP contribution in [-0.4, -0.2) is 21.8 Å². The largest absolute Gasteiger partial charge is 0.346 e. The van der Waals surface area contributed by atoms with Crippen molar-refractivity contribution in [3.8, 4) is 0 Å². The van der Waals surface area contributed by atoms with Gasteiger partial charge < -0.3 is 5.32 Å². The van der Waals surface area contributed by atoms with Crippen LogP contribution in [0.4, 0.5) is 0 Å². The fourth-order valence-corrected chi connectivity index (χ4v) is 1.81. The van der Waals surface area contributed by atoms with Crippen LogP contribution in [-0.2, 0) is 0 Å². The van der Waals surface area contributed by atoms with Crippen molar-refractivity contribution in [1.82, 2.24) is 10.3 Å². The van der Waals surface area contributed by atoms with E-state index in [1.165, 1.54) is 0 Å². The van der Waals surface area contributed by atoms with Gasteiger partial charge in [0.15, 0.2) is 0 Å². The maximum atomic E-state index is 12.4. The van der Waals surface area contributed by atoms with E-state index in [0.717, 1.165) is 10.9 Å². The number of nitrogens with zero attached hydrogens (tertiary/aromatic N) is 1. The van der Waals surface area contributed by atoms with E-state index in [0.29, 0.717) is 5.56 Å². The lowest BCUT2D eigenvalue weighted by atomic mass is 10.00. The molecule has 1 aromatic heterocycles. The molecule has 0 saturated heterocycles. The smallest absolute Gasteiger partial charge is 0.252 e. The molecule has 0 aliphatic carbocycles. The molecule has 0 radical (unpaired) electrons. The Balaban J connectivity index is 2.37. The summed E-state index contributed by atoms with van der Waals surface area (Å²) >= 11 is 6.09. The van der Waals surface area contributed by atoms with Crippen molar-refractivity contribution >= 4 is 28.4 Å². The Kier molecular flexibility index (Phi) is 3.76. The van der Waals surface area contributed by atoms with E-state index in [9.17, 15) is 4.79 Å². The summed E-state index contributed by atoms with van der Waals surface area (Å²) in [5.74, 6) is -0.129. The van der Waals surface area contributed by atoms with E-state index in [1.807, 2.05) is 45.0 Å². The lowest BCUT2D eigenvalue weighted by molar-refractivity contribution is 0.0914. The summed E-state index contributed by atoms with van der Waals surface area (Å²) in [5, 5.41) is 3.65. The van der Waals surface area contributed by atoms with Gasteiger partial charge in [0, 0.05) is 11.6 Å². The first-order valence-electron chi connectivity index (χ1n) is 6.22. The topological polar surface area (TPSA) is 42.0 Å². The number of fused-ring (bicyclic) bond motifs is 1. The van der Waals surface area contributed by atoms with Crippen LogP contribution in [0.25, 0.3) is 10.9 Å². The number of nitrogens with one attached hydrogen (secondary N) is 1. The number of aromatic nitrogens is 1. The van der Waals surface area contributed by atoms with E-state index >= 15 is 0 Å². The van der Waals surface area contributed by atoms with Crippen LogP contribution in [0.15, 0.2) is 36.5 Å². The maximum Gasteiger partial charge on any atom is 0.252 e. The van der Waals surface area contributed by atoms with Crippen LogP contribution in [0.1, 0.15) is 31.1 Å². The molecule has 1 unspecified atom stereocenters. The predicted octanol–water partition coefficient (Wildman–Crippen LogP) is 3.37. The van der Waals surface area contributed by atoms with Crippen LogP contribution in [0.2, 0.25) is 0 Å². The molecular formula is C15H17ClN2O. The zero-order valence-corrected chi connectivity index (χ0v) is 12.0. The molecule has 1 amide bonds. The number of hydrogen-bond donors (Lipinski definition) is 1. The first-order valence-corrected chi connectivity index (χ1v) is 6.66. The maximum absolute atomic E-state index is 12.4. The van der Waals surface area contributed by atoms with Crippen molar-refractivity contribution in [3.63, 3.8) is 0 Å². The van der Waals surface area contributed by atoms with Gasteiger partial charge in [0.1, 0.15) is 0 Å². The highest BCUT2D eigenvalue weighted by molar-refractivity contribution is 6.21. The average molecular weight is 277 g/mol. The third-order valence-corrected chi connectivity index (χ3v) is 3.87. The second-order valence-electron chi connectivity index (χ2n) is 5.17. The lowest BCUT2D eigenvalue weighted by Crippen LogP contribution is -2.49. The van der Waals surface area contributed by atoms with Gasteiger partial charge >= 0.3 is 0 Å². The van der Waals surface area contributed by atoms with E-state index in [-0.39, 0.29) is 11.3 Å². The van der Waals surface area contributed by atoms with Crippen molar-refractivity contribution in [2.45, 2.75) is 31.7 Å². The monoisotopic (exact) mass is 276 g/mol. The van der Waals surface area contributed by atoms with Gasteiger partial charge in [-0.3, -0.25) is 9.78 Å². The molecule has 2 aromatic rings. The number of carbonyl (C=O) groups excluding carboxylic acids is 1. The zero-order chi connectivity index (χ0) is 14.0. The molecule has 3 nitrogen and oxygen atoms in total. The van der Waals surface area contributed by atoms with Gasteiger partial charge in [-0.1, -0.05) is 18.2 Å². The number of para-hydroxylation sites is 1. The Morgan fingerprint density at radius 1 is 1.32 bits per heavy atom. The Bertz CT molecular complexity index is 603. The minimum Gasteiger partial charge on any atom is -0.346 e. The highest BCUT2D eigenvalue weighted by Crippen LogP contribution is 2.19. The van der Waals surface area contributed by atoms with Crippen molar-refractivity contribution in [1.29, 1.82) is 0 Å². The van der Waals surface area contributed by atoms with Crippen molar-refractivity contribution in [2.24, 2.45) is 0 Å². The summed E-state index contributed by atoms with van der Waals surface area (Å²) in [6.07, 6.45) is 1.65. The Labute approximate surface area is 118 Å². The SMILES string of the molecule is CC(Cl)C(C)(C)NC(=O)c1ccnc2ccccc12. The summed E-state index contributed by atoms with van der Waals surface area (Å²) < 4.78 is 0. The number of rotatable bonds is 3. The van der Waals surface area contributed by atoms with Gasteiger partial charge in [0.05, 0.1) is 22.0 Å². The minimum atomic E-state index is -0.469. The van der Waals surface area contributed by atoms with Crippen molar-refractivity contribution in [3.05, 3.63) is 42.1 Å². The van der Waals surface area contributed by atoms with Crippen molar-refractivity contribution in [2.75, 3.05) is 0 Å². The van der Waals surface area contributed by atoms with Crippen LogP contribution in [0, 0.1) is 0 Å². The first-order chi connectivity index (χ1) is 8.92. The van der Waals surface area contributed by atoms with Crippen LogP contribution in [0.3, 0.4) is 0 Å². The Hall–Kier alpha value is -1.61. The molecule has 0 fully saturated rings. The number of pyridine rings is 1. The van der Waals surface area contributed by atoms with Gasteiger partial charge in [-0.2, -0.15) is 0 Å². The number of carbonyl (C=O) groups is 1. The molecule has 100 valence electrons. The summed E-state index contributed by atoms with van der Waals surface area (Å²) in [7, 11) is 0. The fourth-order valence-electron chi connectivity index (χ4n) is 1.75. The highest BCUT2D eigenvalue weighted by atomic mass is 35.5. The third kappa shape index (κ3) is 2.87. The molecular weight excluding hydrogens is 260 g/mol. The molecule has 4 heteroatoms. The van der Waals surface area contributed by atoms with Gasteiger partial charge in [0.25, 0.3) is 5.91 Å². The normalized spacial score (nSPS) is 13.3.